The number of nitrogens with one attached hydrogen (secondary N) is 1. The second-order valence-corrected chi connectivity index (χ2v) is 6.72. The topological polar surface area (TPSA) is 75.6 Å². The zero-order chi connectivity index (χ0) is 14.4. The third-order valence-corrected chi connectivity index (χ3v) is 4.82. The fourth-order valence-corrected chi connectivity index (χ4v) is 3.28. The first kappa shape index (κ1) is 15.4. The van der Waals surface area contributed by atoms with E-state index < -0.39 is 10.0 Å². The monoisotopic (exact) mass is 299 g/mol. The van der Waals surface area contributed by atoms with Crippen LogP contribution in [0.5, 0.6) is 0 Å². The van der Waals surface area contributed by atoms with Crippen LogP contribution in [-0.4, -0.2) is 39.4 Å². The van der Waals surface area contributed by atoms with Gasteiger partial charge in [0, 0.05) is 19.8 Å². The van der Waals surface area contributed by atoms with Gasteiger partial charge in [-0.2, -0.15) is 0 Å². The zero-order valence-corrected chi connectivity index (χ0v) is 12.2. The van der Waals surface area contributed by atoms with Crippen molar-refractivity contribution in [2.75, 3.05) is 19.8 Å². The summed E-state index contributed by atoms with van der Waals surface area (Å²) in [4.78, 5) is 0.267. The van der Waals surface area contributed by atoms with Gasteiger partial charge in [-0.25, -0.2) is 13.1 Å². The van der Waals surface area contributed by atoms with Crippen LogP contribution in [0, 0.1) is 0 Å². The molecule has 1 fully saturated rings. The smallest absolute Gasteiger partial charge is 0.240 e. The van der Waals surface area contributed by atoms with Crippen molar-refractivity contribution in [1.82, 2.24) is 4.72 Å². The highest BCUT2D eigenvalue weighted by atomic mass is 32.2. The molecule has 2 rings (SSSR count). The van der Waals surface area contributed by atoms with E-state index >= 15 is 0 Å². The third kappa shape index (κ3) is 4.28. The summed E-state index contributed by atoms with van der Waals surface area (Å²) in [6.45, 7) is 1.18. The van der Waals surface area contributed by atoms with Crippen LogP contribution in [0.4, 0.5) is 0 Å². The van der Waals surface area contributed by atoms with Crippen LogP contribution in [0.1, 0.15) is 24.8 Å². The minimum absolute atomic E-state index is 0.00592. The molecule has 1 unspecified atom stereocenters. The summed E-state index contributed by atoms with van der Waals surface area (Å²) < 4.78 is 32.2. The second-order valence-electron chi connectivity index (χ2n) is 4.96. The number of ether oxygens (including phenoxy) is 1. The van der Waals surface area contributed by atoms with Crippen molar-refractivity contribution in [3.63, 3.8) is 0 Å². The fraction of sp³-hybridized carbons (Fsp3) is 0.571. The molecule has 0 bridgehead atoms. The Kier molecular flexibility index (Phi) is 5.54. The number of aryl methyl sites for hydroxylation is 1. The lowest BCUT2D eigenvalue weighted by atomic mass is 10.1. The third-order valence-electron chi connectivity index (χ3n) is 3.38. The highest BCUT2D eigenvalue weighted by molar-refractivity contribution is 7.89. The Morgan fingerprint density at radius 1 is 1.30 bits per heavy atom. The van der Waals surface area contributed by atoms with Crippen LogP contribution in [0.3, 0.4) is 0 Å². The maximum absolute atomic E-state index is 12.1. The molecular formula is C14H21NO4S. The van der Waals surface area contributed by atoms with Crippen molar-refractivity contribution in [3.8, 4) is 0 Å². The van der Waals surface area contributed by atoms with E-state index in [2.05, 4.69) is 4.72 Å². The molecule has 6 heteroatoms. The van der Waals surface area contributed by atoms with Crippen molar-refractivity contribution in [2.24, 2.45) is 0 Å². The van der Waals surface area contributed by atoms with Gasteiger partial charge >= 0.3 is 0 Å². The highest BCUT2D eigenvalue weighted by Gasteiger charge is 2.20. The molecule has 2 N–H and O–H groups in total. The summed E-state index contributed by atoms with van der Waals surface area (Å²) in [5.41, 5.74) is 1.03. The van der Waals surface area contributed by atoms with Crippen LogP contribution < -0.4 is 4.72 Å². The maximum Gasteiger partial charge on any atom is 0.240 e. The molecule has 1 aromatic carbocycles. The second kappa shape index (κ2) is 7.17. The molecule has 0 spiro atoms. The quantitative estimate of drug-likeness (QED) is 0.789. The lowest BCUT2D eigenvalue weighted by Gasteiger charge is -2.11. The van der Waals surface area contributed by atoms with Crippen molar-refractivity contribution in [2.45, 2.75) is 36.7 Å². The van der Waals surface area contributed by atoms with E-state index in [1.54, 1.807) is 24.3 Å². The van der Waals surface area contributed by atoms with Gasteiger partial charge in [0.05, 0.1) is 11.0 Å². The van der Waals surface area contributed by atoms with Crippen molar-refractivity contribution in [1.29, 1.82) is 0 Å². The van der Waals surface area contributed by atoms with E-state index in [-0.39, 0.29) is 17.6 Å². The Hall–Kier alpha value is -0.950. The van der Waals surface area contributed by atoms with E-state index in [1.807, 2.05) is 0 Å². The van der Waals surface area contributed by atoms with Gasteiger partial charge < -0.3 is 9.84 Å². The van der Waals surface area contributed by atoms with Gasteiger partial charge in [-0.3, -0.25) is 0 Å². The molecule has 0 aliphatic carbocycles. The molecule has 0 amide bonds. The lowest BCUT2D eigenvalue weighted by molar-refractivity contribution is 0.114. The van der Waals surface area contributed by atoms with Gasteiger partial charge in [-0.1, -0.05) is 12.1 Å². The molecule has 1 aliphatic heterocycles. The van der Waals surface area contributed by atoms with Crippen LogP contribution in [0.25, 0.3) is 0 Å². The fourth-order valence-electron chi connectivity index (χ4n) is 2.21. The number of aliphatic hydroxyl groups excluding tert-OH is 1. The van der Waals surface area contributed by atoms with Crippen molar-refractivity contribution >= 4 is 10.0 Å². The molecule has 1 heterocycles. The van der Waals surface area contributed by atoms with Gasteiger partial charge in [-0.15, -0.1) is 0 Å². The molecule has 1 aromatic rings. The molecule has 1 aliphatic rings. The number of sulfonamides is 1. The maximum atomic E-state index is 12.1. The van der Waals surface area contributed by atoms with E-state index in [0.717, 1.165) is 24.8 Å². The van der Waals surface area contributed by atoms with E-state index in [1.165, 1.54) is 0 Å². The van der Waals surface area contributed by atoms with E-state index in [0.29, 0.717) is 19.6 Å². The molecule has 0 aromatic heterocycles. The highest BCUT2D eigenvalue weighted by Crippen LogP contribution is 2.14. The number of benzene rings is 1. The summed E-state index contributed by atoms with van der Waals surface area (Å²) in [7, 11) is -3.46. The molecule has 5 nitrogen and oxygen atoms in total. The molecule has 1 atom stereocenters. The first-order chi connectivity index (χ1) is 9.62. The van der Waals surface area contributed by atoms with Gasteiger partial charge in [0.1, 0.15) is 0 Å². The van der Waals surface area contributed by atoms with E-state index in [9.17, 15) is 8.42 Å². The summed E-state index contributed by atoms with van der Waals surface area (Å²) in [6, 6.07) is 6.78. The van der Waals surface area contributed by atoms with Gasteiger partial charge in [-0.05, 0) is 43.4 Å². The molecule has 1 saturated heterocycles. The van der Waals surface area contributed by atoms with Crippen LogP contribution in [0.15, 0.2) is 29.2 Å². The normalized spacial score (nSPS) is 19.4. The number of rotatable bonds is 7. The Bertz CT molecular complexity index is 506. The van der Waals surface area contributed by atoms with Crippen molar-refractivity contribution < 1.29 is 18.3 Å². The minimum atomic E-state index is -3.46. The van der Waals surface area contributed by atoms with Crippen LogP contribution >= 0.6 is 0 Å². The van der Waals surface area contributed by atoms with Crippen LogP contribution in [0.2, 0.25) is 0 Å². The van der Waals surface area contributed by atoms with Gasteiger partial charge in [0.25, 0.3) is 0 Å². The average Bonchev–Trinajstić information content (AvgIpc) is 2.97. The predicted molar refractivity (Wildman–Crippen MR) is 76.0 cm³/mol. The Morgan fingerprint density at radius 3 is 2.65 bits per heavy atom. The van der Waals surface area contributed by atoms with Crippen LogP contribution in [-0.2, 0) is 21.2 Å². The van der Waals surface area contributed by atoms with E-state index in [4.69, 9.17) is 9.84 Å². The predicted octanol–water partition coefficient (Wildman–Crippen LogP) is 1.07. The minimum Gasteiger partial charge on any atom is -0.396 e. The summed E-state index contributed by atoms with van der Waals surface area (Å²) in [5, 5.41) is 8.77. The van der Waals surface area contributed by atoms with Gasteiger partial charge in [0.15, 0.2) is 0 Å². The van der Waals surface area contributed by atoms with Crippen molar-refractivity contribution in [3.05, 3.63) is 29.8 Å². The Morgan fingerprint density at radius 2 is 2.05 bits per heavy atom. The first-order valence-corrected chi connectivity index (χ1v) is 8.41. The number of hydrogen-bond donors (Lipinski definition) is 2. The number of aliphatic hydroxyl groups is 1. The molecule has 20 heavy (non-hydrogen) atoms. The summed E-state index contributed by atoms with van der Waals surface area (Å²) in [6.07, 6.45) is 3.33. The lowest BCUT2D eigenvalue weighted by Crippen LogP contribution is -2.31. The SMILES string of the molecule is O=S(=O)(NCC1CCCO1)c1ccc(CCCO)cc1. The number of hydrogen-bond acceptors (Lipinski definition) is 4. The average molecular weight is 299 g/mol. The molecular weight excluding hydrogens is 278 g/mol. The first-order valence-electron chi connectivity index (χ1n) is 6.93. The van der Waals surface area contributed by atoms with Gasteiger partial charge in [0.2, 0.25) is 10.0 Å². The zero-order valence-electron chi connectivity index (χ0n) is 11.4. The molecule has 112 valence electrons. The molecule has 0 radical (unpaired) electrons. The Balaban J connectivity index is 1.94. The largest absolute Gasteiger partial charge is 0.396 e. The standard InChI is InChI=1S/C14H21NO4S/c16-9-1-3-12-5-7-14(8-6-12)20(17,18)15-11-13-4-2-10-19-13/h5-8,13,15-16H,1-4,9-11H2. The molecule has 0 saturated carbocycles. The summed E-state index contributed by atoms with van der Waals surface area (Å²) >= 11 is 0. The Labute approximate surface area is 120 Å². The summed E-state index contributed by atoms with van der Waals surface area (Å²) in [5.74, 6) is 0.